The first kappa shape index (κ1) is 25.2. The van der Waals surface area contributed by atoms with Crippen molar-refractivity contribution in [3.8, 4) is 0 Å². The Hall–Kier alpha value is -1.03. The number of ether oxygens (including phenoxy) is 1. The van der Waals surface area contributed by atoms with Gasteiger partial charge in [-0.15, -0.1) is 0 Å². The molecule has 0 aliphatic carbocycles. The van der Waals surface area contributed by atoms with Gasteiger partial charge in [0.05, 0.1) is 6.61 Å². The minimum absolute atomic E-state index is 0.0153. The lowest BCUT2D eigenvalue weighted by Gasteiger charge is -2.20. The summed E-state index contributed by atoms with van der Waals surface area (Å²) in [7, 11) is -14.9. The summed E-state index contributed by atoms with van der Waals surface area (Å²) in [4.78, 5) is 56.1. The zero-order chi connectivity index (χ0) is 22.7. The second-order valence-corrected chi connectivity index (χ2v) is 10.1. The van der Waals surface area contributed by atoms with Crippen LogP contribution in [0.2, 0.25) is 0 Å². The van der Waals surface area contributed by atoms with E-state index in [-0.39, 0.29) is 6.42 Å². The summed E-state index contributed by atoms with van der Waals surface area (Å²) >= 11 is 0. The Labute approximate surface area is 168 Å². The van der Waals surface area contributed by atoms with Gasteiger partial charge in [-0.25, -0.2) is 24.4 Å². The van der Waals surface area contributed by atoms with Gasteiger partial charge >= 0.3 is 29.2 Å². The van der Waals surface area contributed by atoms with Gasteiger partial charge in [-0.05, 0) is 6.07 Å². The maximum absolute atomic E-state index is 12.1. The Morgan fingerprint density at radius 3 is 2.47 bits per heavy atom. The Bertz CT molecular complexity index is 949. The molecule has 5 atom stereocenters. The van der Waals surface area contributed by atoms with Crippen molar-refractivity contribution >= 4 is 29.3 Å². The Morgan fingerprint density at radius 1 is 1.27 bits per heavy atom. The van der Waals surface area contributed by atoms with E-state index in [0.717, 1.165) is 4.57 Å². The smallest absolute Gasteiger partial charge is 0.373 e. The topological polar surface area (TPSA) is 251 Å². The lowest BCUT2D eigenvalue weighted by molar-refractivity contribution is -0.0618. The number of phosphoric ester groups is 1. The van der Waals surface area contributed by atoms with E-state index in [2.05, 4.69) is 23.4 Å². The number of nitrogens with two attached hydrogens (primary N) is 1. The quantitative estimate of drug-likeness (QED) is 0.171. The van der Waals surface area contributed by atoms with Gasteiger partial charge in [0.2, 0.25) is 0 Å². The predicted octanol–water partition coefficient (Wildman–Crippen LogP) is -0.825. The highest BCUT2D eigenvalue weighted by Gasteiger charge is 2.43. The van der Waals surface area contributed by atoms with Crippen LogP contribution in [-0.2, 0) is 36.4 Å². The molecule has 0 amide bonds. The Morgan fingerprint density at radius 2 is 1.93 bits per heavy atom. The fraction of sp³-hybridized carbons (Fsp3) is 0.600. The van der Waals surface area contributed by atoms with Gasteiger partial charge in [-0.1, -0.05) is 0 Å². The fourth-order valence-corrected chi connectivity index (χ4v) is 5.44. The van der Waals surface area contributed by atoms with E-state index in [9.17, 15) is 23.4 Å². The van der Waals surface area contributed by atoms with E-state index in [1.807, 2.05) is 0 Å². The van der Waals surface area contributed by atoms with E-state index in [1.165, 1.54) is 12.3 Å². The Balaban J connectivity index is 2.04. The average Bonchev–Trinajstić information content (AvgIpc) is 2.99. The van der Waals surface area contributed by atoms with Crippen molar-refractivity contribution in [3.05, 3.63) is 22.7 Å². The third-order valence-corrected chi connectivity index (χ3v) is 7.37. The molecule has 1 aromatic heterocycles. The molecule has 0 saturated carbocycles. The Kier molecular flexibility index (Phi) is 8.10. The molecule has 1 saturated heterocycles. The summed E-state index contributed by atoms with van der Waals surface area (Å²) in [5.74, 6) is 5.47. The molecular weight excluding hydrogens is 477 g/mol. The van der Waals surface area contributed by atoms with Gasteiger partial charge in [0.25, 0.3) is 0 Å². The molecule has 0 radical (unpaired) electrons. The van der Waals surface area contributed by atoms with Crippen LogP contribution in [-0.4, -0.2) is 55.0 Å². The van der Waals surface area contributed by atoms with Crippen LogP contribution in [0.15, 0.2) is 17.1 Å². The highest BCUT2D eigenvalue weighted by atomic mass is 31.3. The maximum atomic E-state index is 12.1. The summed E-state index contributed by atoms with van der Waals surface area (Å²) in [6.07, 6.45) is -1.61. The summed E-state index contributed by atoms with van der Waals surface area (Å²) in [5.41, 5.74) is -0.670. The molecule has 0 aromatic carbocycles. The van der Waals surface area contributed by atoms with Crippen LogP contribution in [0.1, 0.15) is 12.6 Å². The molecule has 7 N–H and O–H groups in total. The average molecular weight is 496 g/mol. The molecule has 20 heteroatoms. The lowest BCUT2D eigenvalue weighted by atomic mass is 10.2. The highest BCUT2D eigenvalue weighted by molar-refractivity contribution is 7.66. The van der Waals surface area contributed by atoms with Crippen LogP contribution < -0.4 is 16.9 Å². The molecule has 2 unspecified atom stereocenters. The highest BCUT2D eigenvalue weighted by Crippen LogP contribution is 2.66. The fourth-order valence-electron chi connectivity index (χ4n) is 2.41. The van der Waals surface area contributed by atoms with E-state index in [4.69, 9.17) is 30.2 Å². The molecule has 1 fully saturated rings. The summed E-state index contributed by atoms with van der Waals surface area (Å²) in [6.45, 7) is -0.779. The first-order chi connectivity index (χ1) is 13.8. The van der Waals surface area contributed by atoms with Crippen molar-refractivity contribution in [2.24, 2.45) is 5.90 Å². The SMILES string of the molecule is CNc1ccn([C@H]2C[C@@H](ON)[C@@H](COP(=O)(O)OP(=O)(O)OP(=O)(O)O)O2)c(=O)n1. The number of phosphoric acid groups is 3. The molecular formula is C10H19N4O13P3. The molecule has 2 heterocycles. The van der Waals surface area contributed by atoms with Gasteiger partial charge < -0.3 is 29.6 Å². The van der Waals surface area contributed by atoms with E-state index in [1.54, 1.807) is 7.05 Å². The van der Waals surface area contributed by atoms with Gasteiger partial charge in [0.1, 0.15) is 24.3 Å². The van der Waals surface area contributed by atoms with Crippen LogP contribution in [0.25, 0.3) is 0 Å². The minimum atomic E-state index is -5.65. The molecule has 30 heavy (non-hydrogen) atoms. The molecule has 172 valence electrons. The van der Waals surface area contributed by atoms with E-state index < -0.39 is 54.2 Å². The van der Waals surface area contributed by atoms with E-state index >= 15 is 0 Å². The molecule has 1 aliphatic rings. The van der Waals surface area contributed by atoms with Gasteiger partial charge in [-0.3, -0.25) is 13.9 Å². The number of hydrogen-bond acceptors (Lipinski definition) is 12. The summed E-state index contributed by atoms with van der Waals surface area (Å²) < 4.78 is 52.0. The second kappa shape index (κ2) is 9.63. The van der Waals surface area contributed by atoms with Crippen molar-refractivity contribution < 1.29 is 56.0 Å². The number of nitrogens with one attached hydrogen (secondary N) is 1. The van der Waals surface area contributed by atoms with Crippen molar-refractivity contribution in [2.75, 3.05) is 19.0 Å². The van der Waals surface area contributed by atoms with Crippen LogP contribution in [0, 0.1) is 0 Å². The molecule has 0 bridgehead atoms. The lowest BCUT2D eigenvalue weighted by Crippen LogP contribution is -2.31. The maximum Gasteiger partial charge on any atom is 0.490 e. The van der Waals surface area contributed by atoms with Crippen LogP contribution in [0.4, 0.5) is 5.82 Å². The molecule has 2 rings (SSSR count). The second-order valence-electron chi connectivity index (χ2n) is 5.68. The summed E-state index contributed by atoms with van der Waals surface area (Å²) in [6, 6.07) is 1.49. The van der Waals surface area contributed by atoms with Crippen molar-refractivity contribution in [2.45, 2.75) is 24.9 Å². The van der Waals surface area contributed by atoms with Crippen LogP contribution in [0.3, 0.4) is 0 Å². The number of aromatic nitrogens is 2. The third kappa shape index (κ3) is 7.28. The van der Waals surface area contributed by atoms with Crippen LogP contribution >= 0.6 is 23.5 Å². The molecule has 0 spiro atoms. The number of hydrogen-bond donors (Lipinski definition) is 6. The zero-order valence-corrected chi connectivity index (χ0v) is 17.8. The number of rotatable bonds is 10. The summed E-state index contributed by atoms with van der Waals surface area (Å²) in [5, 5.41) is 2.68. The first-order valence-corrected chi connectivity index (χ1v) is 12.3. The number of nitrogens with zero attached hydrogens (tertiary/aromatic N) is 2. The minimum Gasteiger partial charge on any atom is -0.373 e. The molecule has 17 nitrogen and oxygen atoms in total. The monoisotopic (exact) mass is 496 g/mol. The normalized spacial score (nSPS) is 26.1. The van der Waals surface area contributed by atoms with Gasteiger partial charge in [0.15, 0.2) is 0 Å². The van der Waals surface area contributed by atoms with Crippen LogP contribution in [0.5, 0.6) is 0 Å². The number of anilines is 1. The van der Waals surface area contributed by atoms with Gasteiger partial charge in [0, 0.05) is 19.7 Å². The van der Waals surface area contributed by atoms with E-state index in [0.29, 0.717) is 5.82 Å². The largest absolute Gasteiger partial charge is 0.490 e. The van der Waals surface area contributed by atoms with Gasteiger partial charge in [-0.2, -0.15) is 13.6 Å². The molecule has 1 aromatic rings. The standard InChI is InChI=1S/C10H19N4O13P3/c1-12-8-2-3-14(10(15)13-8)9-4-6(25-11)7(24-9)5-23-29(19,20)27-30(21,22)26-28(16,17)18/h2-3,6-7,9H,4-5,11H2,1H3,(H,19,20)(H,21,22)(H,12,13,15)(H2,16,17,18)/t6-,7-,9-/m1/s1. The third-order valence-electron chi connectivity index (χ3n) is 3.57. The van der Waals surface area contributed by atoms with Crippen molar-refractivity contribution in [3.63, 3.8) is 0 Å². The first-order valence-electron chi connectivity index (χ1n) is 7.81. The van der Waals surface area contributed by atoms with Crippen molar-refractivity contribution in [1.29, 1.82) is 0 Å². The zero-order valence-electron chi connectivity index (χ0n) is 15.1. The van der Waals surface area contributed by atoms with Crippen molar-refractivity contribution in [1.82, 2.24) is 9.55 Å². The molecule has 1 aliphatic heterocycles. The predicted molar refractivity (Wildman–Crippen MR) is 95.4 cm³/mol.